The molecule has 0 atom stereocenters. The molecule has 0 bridgehead atoms. The van der Waals surface area contributed by atoms with Gasteiger partial charge in [-0.3, -0.25) is 4.79 Å². The SMILES string of the molecule is O=Cc1ccc(O)cc1-c1c(-c2ccc(O)cc2)noc1-c1ccc(O)cc1. The minimum absolute atomic E-state index is 0.00453. The van der Waals surface area contributed by atoms with E-state index in [0.29, 0.717) is 45.6 Å². The van der Waals surface area contributed by atoms with E-state index in [4.69, 9.17) is 4.52 Å². The van der Waals surface area contributed by atoms with E-state index in [0.717, 1.165) is 0 Å². The van der Waals surface area contributed by atoms with Crippen LogP contribution in [0.5, 0.6) is 17.2 Å². The Morgan fingerprint density at radius 1 is 0.750 bits per heavy atom. The summed E-state index contributed by atoms with van der Waals surface area (Å²) in [6, 6.07) is 17.2. The molecule has 0 aliphatic rings. The van der Waals surface area contributed by atoms with Gasteiger partial charge in [0.05, 0.1) is 5.56 Å². The summed E-state index contributed by atoms with van der Waals surface area (Å²) in [6.07, 6.45) is 0.697. The van der Waals surface area contributed by atoms with Gasteiger partial charge in [0, 0.05) is 22.3 Å². The number of benzene rings is 3. The van der Waals surface area contributed by atoms with Crippen LogP contribution in [0.3, 0.4) is 0 Å². The van der Waals surface area contributed by atoms with Gasteiger partial charge in [0.1, 0.15) is 22.9 Å². The Morgan fingerprint density at radius 3 is 1.93 bits per heavy atom. The molecular formula is C22H15NO5. The number of aromatic nitrogens is 1. The highest BCUT2D eigenvalue weighted by molar-refractivity contribution is 5.97. The first-order valence-corrected chi connectivity index (χ1v) is 8.44. The van der Waals surface area contributed by atoms with E-state index in [2.05, 4.69) is 5.16 Å². The first-order valence-electron chi connectivity index (χ1n) is 8.44. The minimum atomic E-state index is -0.00453. The zero-order chi connectivity index (χ0) is 19.7. The lowest BCUT2D eigenvalue weighted by atomic mass is 9.93. The summed E-state index contributed by atoms with van der Waals surface area (Å²) in [5.74, 6) is 0.597. The van der Waals surface area contributed by atoms with Crippen molar-refractivity contribution in [1.29, 1.82) is 0 Å². The maximum atomic E-state index is 11.6. The predicted octanol–water partition coefficient (Wildman–Crippen LogP) is 4.60. The minimum Gasteiger partial charge on any atom is -0.508 e. The summed E-state index contributed by atoms with van der Waals surface area (Å²) in [7, 11) is 0. The molecule has 0 saturated carbocycles. The number of phenolic OH excluding ortho intramolecular Hbond substituents is 3. The van der Waals surface area contributed by atoms with E-state index >= 15 is 0 Å². The lowest BCUT2D eigenvalue weighted by molar-refractivity contribution is 0.112. The Hall–Kier alpha value is -4.06. The largest absolute Gasteiger partial charge is 0.508 e. The maximum absolute atomic E-state index is 11.6. The molecule has 4 rings (SSSR count). The fourth-order valence-electron chi connectivity index (χ4n) is 3.03. The molecule has 0 unspecified atom stereocenters. The second kappa shape index (κ2) is 6.92. The van der Waals surface area contributed by atoms with E-state index in [1.807, 2.05) is 0 Å². The van der Waals surface area contributed by atoms with Crippen molar-refractivity contribution in [2.24, 2.45) is 0 Å². The van der Waals surface area contributed by atoms with Crippen molar-refractivity contribution in [3.8, 4) is 51.0 Å². The van der Waals surface area contributed by atoms with Crippen molar-refractivity contribution in [2.45, 2.75) is 0 Å². The molecule has 0 saturated heterocycles. The van der Waals surface area contributed by atoms with Gasteiger partial charge in [0.15, 0.2) is 12.0 Å². The zero-order valence-electron chi connectivity index (χ0n) is 14.5. The summed E-state index contributed by atoms with van der Waals surface area (Å²) >= 11 is 0. The van der Waals surface area contributed by atoms with Gasteiger partial charge >= 0.3 is 0 Å². The molecular weight excluding hydrogens is 358 g/mol. The van der Waals surface area contributed by atoms with Crippen LogP contribution in [0.15, 0.2) is 71.3 Å². The first-order chi connectivity index (χ1) is 13.6. The fourth-order valence-corrected chi connectivity index (χ4v) is 3.03. The van der Waals surface area contributed by atoms with Gasteiger partial charge < -0.3 is 19.8 Å². The van der Waals surface area contributed by atoms with Crippen LogP contribution in [-0.4, -0.2) is 26.8 Å². The van der Waals surface area contributed by atoms with Crippen LogP contribution in [0, 0.1) is 0 Å². The average molecular weight is 373 g/mol. The smallest absolute Gasteiger partial charge is 0.175 e. The summed E-state index contributed by atoms with van der Waals surface area (Å²) in [5, 5.41) is 33.3. The molecule has 1 aromatic heterocycles. The van der Waals surface area contributed by atoms with E-state index in [-0.39, 0.29) is 17.2 Å². The van der Waals surface area contributed by atoms with Crippen molar-refractivity contribution in [3.05, 3.63) is 72.3 Å². The van der Waals surface area contributed by atoms with Crippen LogP contribution in [0.1, 0.15) is 10.4 Å². The molecule has 28 heavy (non-hydrogen) atoms. The van der Waals surface area contributed by atoms with Crippen LogP contribution >= 0.6 is 0 Å². The molecule has 0 amide bonds. The molecule has 3 N–H and O–H groups in total. The van der Waals surface area contributed by atoms with Crippen LogP contribution in [0.4, 0.5) is 0 Å². The lowest BCUT2D eigenvalue weighted by Crippen LogP contribution is -1.91. The number of carbonyl (C=O) groups excluding carboxylic acids is 1. The van der Waals surface area contributed by atoms with E-state index < -0.39 is 0 Å². The van der Waals surface area contributed by atoms with Gasteiger partial charge in [-0.2, -0.15) is 0 Å². The van der Waals surface area contributed by atoms with E-state index in [1.165, 1.54) is 42.5 Å². The van der Waals surface area contributed by atoms with Crippen molar-refractivity contribution < 1.29 is 24.6 Å². The number of phenols is 3. The van der Waals surface area contributed by atoms with E-state index in [9.17, 15) is 20.1 Å². The third kappa shape index (κ3) is 3.07. The average Bonchev–Trinajstić information content (AvgIpc) is 3.14. The number of nitrogens with zero attached hydrogens (tertiary/aromatic N) is 1. The van der Waals surface area contributed by atoms with Crippen molar-refractivity contribution in [2.75, 3.05) is 0 Å². The number of hydrogen-bond donors (Lipinski definition) is 3. The molecule has 6 heteroatoms. The molecule has 4 aromatic rings. The van der Waals surface area contributed by atoms with Crippen molar-refractivity contribution >= 4 is 6.29 Å². The number of hydrogen-bond acceptors (Lipinski definition) is 6. The van der Waals surface area contributed by atoms with E-state index in [1.54, 1.807) is 24.3 Å². The highest BCUT2D eigenvalue weighted by Gasteiger charge is 2.23. The molecule has 0 fully saturated rings. The predicted molar refractivity (Wildman–Crippen MR) is 103 cm³/mol. The molecule has 1 heterocycles. The Labute approximate surface area is 159 Å². The second-order valence-electron chi connectivity index (χ2n) is 6.22. The normalized spacial score (nSPS) is 10.7. The Kier molecular flexibility index (Phi) is 4.29. The van der Waals surface area contributed by atoms with Crippen molar-refractivity contribution in [3.63, 3.8) is 0 Å². The van der Waals surface area contributed by atoms with Crippen LogP contribution in [0.2, 0.25) is 0 Å². The standard InChI is InChI=1S/C22H15NO5/c24-12-15-5-10-18(27)11-19(15)20-21(13-1-6-16(25)7-2-13)23-28-22(20)14-3-8-17(26)9-4-14/h1-12,25-27H. The Bertz CT molecular complexity index is 1080. The topological polar surface area (TPSA) is 104 Å². The summed E-state index contributed by atoms with van der Waals surface area (Å²) in [4.78, 5) is 11.6. The molecule has 0 spiro atoms. The first kappa shape index (κ1) is 17.4. The van der Waals surface area contributed by atoms with Gasteiger partial charge in [-0.15, -0.1) is 0 Å². The third-order valence-electron chi connectivity index (χ3n) is 4.40. The lowest BCUT2D eigenvalue weighted by Gasteiger charge is -2.09. The summed E-state index contributed by atoms with van der Waals surface area (Å²) in [5.41, 5.74) is 3.11. The Balaban J connectivity index is 2.02. The second-order valence-corrected chi connectivity index (χ2v) is 6.22. The zero-order valence-corrected chi connectivity index (χ0v) is 14.5. The monoisotopic (exact) mass is 373 g/mol. The highest BCUT2D eigenvalue weighted by atomic mass is 16.5. The van der Waals surface area contributed by atoms with Gasteiger partial charge in [-0.25, -0.2) is 0 Å². The third-order valence-corrected chi connectivity index (χ3v) is 4.40. The molecule has 138 valence electrons. The van der Waals surface area contributed by atoms with Crippen LogP contribution in [0.25, 0.3) is 33.7 Å². The van der Waals surface area contributed by atoms with Gasteiger partial charge in [0.2, 0.25) is 0 Å². The number of aldehydes is 1. The molecule has 3 aromatic carbocycles. The van der Waals surface area contributed by atoms with Crippen LogP contribution < -0.4 is 0 Å². The van der Waals surface area contributed by atoms with Crippen molar-refractivity contribution in [1.82, 2.24) is 5.16 Å². The van der Waals surface area contributed by atoms with Crippen LogP contribution in [-0.2, 0) is 0 Å². The molecule has 6 nitrogen and oxygen atoms in total. The maximum Gasteiger partial charge on any atom is 0.175 e. The summed E-state index contributed by atoms with van der Waals surface area (Å²) in [6.45, 7) is 0. The number of carbonyl (C=O) groups is 1. The quantitative estimate of drug-likeness (QED) is 0.452. The Morgan fingerprint density at radius 2 is 1.32 bits per heavy atom. The number of rotatable bonds is 4. The summed E-state index contributed by atoms with van der Waals surface area (Å²) < 4.78 is 5.61. The van der Waals surface area contributed by atoms with Gasteiger partial charge in [-0.1, -0.05) is 5.16 Å². The molecule has 0 aliphatic heterocycles. The fraction of sp³-hybridized carbons (Fsp3) is 0. The van der Waals surface area contributed by atoms with Gasteiger partial charge in [0.25, 0.3) is 0 Å². The van der Waals surface area contributed by atoms with Gasteiger partial charge in [-0.05, 0) is 66.7 Å². The molecule has 0 aliphatic carbocycles. The molecule has 0 radical (unpaired) electrons. The number of aromatic hydroxyl groups is 3. The highest BCUT2D eigenvalue weighted by Crippen LogP contribution is 2.42.